The maximum absolute atomic E-state index is 10.9. The predicted molar refractivity (Wildman–Crippen MR) is 52.6 cm³/mol. The fraction of sp³-hybridized carbons (Fsp3) is 0.700. The maximum Gasteiger partial charge on any atom is 0.305 e. The van der Waals surface area contributed by atoms with Crippen molar-refractivity contribution in [3.63, 3.8) is 0 Å². The lowest BCUT2D eigenvalue weighted by Crippen LogP contribution is -2.39. The molecule has 0 aromatic heterocycles. The lowest BCUT2D eigenvalue weighted by atomic mass is 10.2. The maximum atomic E-state index is 10.9. The first-order valence-electron chi connectivity index (χ1n) is 5.03. The zero-order chi connectivity index (χ0) is 13.0. The number of hydrogen-bond donors (Lipinski definition) is 0. The number of ether oxygens (including phenoxy) is 4. The molecule has 0 aromatic carbocycles. The number of esters is 3. The van der Waals surface area contributed by atoms with Crippen molar-refractivity contribution in [3.05, 3.63) is 0 Å². The molecule has 0 aliphatic carbocycles. The molecule has 0 saturated carbocycles. The van der Waals surface area contributed by atoms with E-state index < -0.39 is 36.4 Å². The Morgan fingerprint density at radius 2 is 1.47 bits per heavy atom. The smallest absolute Gasteiger partial charge is 0.305 e. The monoisotopic (exact) mass is 246 g/mol. The summed E-state index contributed by atoms with van der Waals surface area (Å²) in [5, 5.41) is 0. The molecule has 7 heteroatoms. The second kappa shape index (κ2) is 5.62. The molecule has 0 spiro atoms. The Morgan fingerprint density at radius 3 is 1.94 bits per heavy atom. The summed E-state index contributed by atoms with van der Waals surface area (Å²) in [4.78, 5) is 32.5. The Morgan fingerprint density at radius 1 is 0.941 bits per heavy atom. The molecule has 17 heavy (non-hydrogen) atoms. The van der Waals surface area contributed by atoms with E-state index >= 15 is 0 Å². The molecule has 0 amide bonds. The van der Waals surface area contributed by atoms with Crippen molar-refractivity contribution in [2.24, 2.45) is 0 Å². The fourth-order valence-electron chi connectivity index (χ4n) is 1.46. The van der Waals surface area contributed by atoms with Crippen LogP contribution in [0.25, 0.3) is 0 Å². The highest BCUT2D eigenvalue weighted by molar-refractivity contribution is 5.68. The Labute approximate surface area is 98.0 Å². The van der Waals surface area contributed by atoms with Crippen molar-refractivity contribution in [2.45, 2.75) is 39.3 Å². The predicted octanol–water partition coefficient (Wildman–Crippen LogP) is -0.231. The summed E-state index contributed by atoms with van der Waals surface area (Å²) in [6.45, 7) is 3.64. The van der Waals surface area contributed by atoms with Gasteiger partial charge in [-0.05, 0) is 0 Å². The highest BCUT2D eigenvalue weighted by Crippen LogP contribution is 2.22. The molecule has 96 valence electrons. The van der Waals surface area contributed by atoms with Crippen LogP contribution in [-0.4, -0.2) is 43.0 Å². The second-order valence-electron chi connectivity index (χ2n) is 3.53. The normalized spacial score (nSPS) is 27.4. The van der Waals surface area contributed by atoms with Gasteiger partial charge in [0, 0.05) is 20.8 Å². The summed E-state index contributed by atoms with van der Waals surface area (Å²) in [5.74, 6) is -1.68. The molecule has 3 atom stereocenters. The lowest BCUT2D eigenvalue weighted by molar-refractivity contribution is -0.192. The molecule has 1 fully saturated rings. The number of hydrogen-bond acceptors (Lipinski definition) is 7. The first-order valence-corrected chi connectivity index (χ1v) is 5.03. The van der Waals surface area contributed by atoms with Gasteiger partial charge in [0.25, 0.3) is 0 Å². The fourth-order valence-corrected chi connectivity index (χ4v) is 1.46. The average Bonchev–Trinajstić information content (AvgIpc) is 2.47. The van der Waals surface area contributed by atoms with Crippen molar-refractivity contribution in [3.8, 4) is 0 Å². The number of carbonyl (C=O) groups excluding carboxylic acids is 3. The van der Waals surface area contributed by atoms with Gasteiger partial charge in [-0.1, -0.05) is 0 Å². The first-order chi connectivity index (χ1) is 7.90. The molecule has 0 unspecified atom stereocenters. The average molecular weight is 246 g/mol. The van der Waals surface area contributed by atoms with Crippen LogP contribution in [0.5, 0.6) is 0 Å². The number of carbonyl (C=O) groups is 3. The van der Waals surface area contributed by atoms with Gasteiger partial charge in [-0.3, -0.25) is 14.4 Å². The summed E-state index contributed by atoms with van der Waals surface area (Å²) in [6, 6.07) is 0. The van der Waals surface area contributed by atoms with Crippen molar-refractivity contribution in [1.29, 1.82) is 0 Å². The van der Waals surface area contributed by atoms with Crippen LogP contribution in [0.2, 0.25) is 0 Å². The minimum Gasteiger partial charge on any atom is -0.456 e. The highest BCUT2D eigenvalue weighted by atomic mass is 16.7. The Hall–Kier alpha value is -1.63. The van der Waals surface area contributed by atoms with Gasteiger partial charge in [-0.15, -0.1) is 0 Å². The van der Waals surface area contributed by atoms with Crippen molar-refractivity contribution < 1.29 is 33.3 Å². The molecule has 1 saturated heterocycles. The lowest BCUT2D eigenvalue weighted by Gasteiger charge is -2.21. The first kappa shape index (κ1) is 13.4. The van der Waals surface area contributed by atoms with E-state index in [4.69, 9.17) is 18.9 Å². The summed E-state index contributed by atoms with van der Waals surface area (Å²) >= 11 is 0. The molecule has 0 radical (unpaired) electrons. The molecule has 1 aliphatic heterocycles. The van der Waals surface area contributed by atoms with Gasteiger partial charge >= 0.3 is 17.9 Å². The van der Waals surface area contributed by atoms with E-state index in [1.165, 1.54) is 20.8 Å². The third kappa shape index (κ3) is 4.03. The van der Waals surface area contributed by atoms with Crippen LogP contribution in [0.3, 0.4) is 0 Å². The number of rotatable bonds is 3. The largest absolute Gasteiger partial charge is 0.456 e. The van der Waals surface area contributed by atoms with Crippen LogP contribution in [0.4, 0.5) is 0 Å². The Kier molecular flexibility index (Phi) is 4.45. The molecule has 1 aliphatic rings. The van der Waals surface area contributed by atoms with Gasteiger partial charge < -0.3 is 18.9 Å². The summed E-state index contributed by atoms with van der Waals surface area (Å²) in [6.07, 6.45) is -2.73. The highest BCUT2D eigenvalue weighted by Gasteiger charge is 2.44. The van der Waals surface area contributed by atoms with Gasteiger partial charge in [-0.2, -0.15) is 0 Å². The van der Waals surface area contributed by atoms with Crippen molar-refractivity contribution in [1.82, 2.24) is 0 Å². The molecule has 0 bridgehead atoms. The van der Waals surface area contributed by atoms with Crippen molar-refractivity contribution in [2.75, 3.05) is 6.61 Å². The van der Waals surface area contributed by atoms with E-state index in [1.54, 1.807) is 0 Å². The zero-order valence-corrected chi connectivity index (χ0v) is 9.80. The van der Waals surface area contributed by atoms with Crippen LogP contribution in [0, 0.1) is 0 Å². The van der Waals surface area contributed by atoms with Crippen LogP contribution >= 0.6 is 0 Å². The molecular weight excluding hydrogens is 232 g/mol. The Balaban J connectivity index is 2.69. The van der Waals surface area contributed by atoms with Crippen molar-refractivity contribution >= 4 is 17.9 Å². The molecular formula is C10H14O7. The van der Waals surface area contributed by atoms with Crippen LogP contribution in [0.1, 0.15) is 20.8 Å². The van der Waals surface area contributed by atoms with E-state index in [2.05, 4.69) is 0 Å². The summed E-state index contributed by atoms with van der Waals surface area (Å²) < 4.78 is 19.7. The third-order valence-electron chi connectivity index (χ3n) is 1.96. The summed E-state index contributed by atoms with van der Waals surface area (Å²) in [7, 11) is 0. The molecule has 1 heterocycles. The van der Waals surface area contributed by atoms with Gasteiger partial charge in [0.2, 0.25) is 12.4 Å². The van der Waals surface area contributed by atoms with Gasteiger partial charge in [0.05, 0.1) is 6.61 Å². The minimum absolute atomic E-state index is 0.00940. The van der Waals surface area contributed by atoms with Crippen LogP contribution in [0.15, 0.2) is 0 Å². The third-order valence-corrected chi connectivity index (χ3v) is 1.96. The SMILES string of the molecule is CC(=O)O[C@@H]1OC[C@@H](OC(C)=O)[C@H]1OC(C)=O. The molecule has 7 nitrogen and oxygen atoms in total. The van der Waals surface area contributed by atoms with E-state index in [9.17, 15) is 14.4 Å². The Bertz CT molecular complexity index is 301. The van der Waals surface area contributed by atoms with Gasteiger partial charge in [0.1, 0.15) is 0 Å². The van der Waals surface area contributed by atoms with Gasteiger partial charge in [0.15, 0.2) is 6.10 Å². The molecule has 0 aromatic rings. The van der Waals surface area contributed by atoms with Crippen LogP contribution in [-0.2, 0) is 33.3 Å². The van der Waals surface area contributed by atoms with E-state index in [0.717, 1.165) is 0 Å². The van der Waals surface area contributed by atoms with E-state index in [0.29, 0.717) is 0 Å². The van der Waals surface area contributed by atoms with Crippen LogP contribution < -0.4 is 0 Å². The van der Waals surface area contributed by atoms with E-state index in [-0.39, 0.29) is 6.61 Å². The topological polar surface area (TPSA) is 88.1 Å². The molecule has 0 N–H and O–H groups in total. The van der Waals surface area contributed by atoms with Gasteiger partial charge in [-0.25, -0.2) is 0 Å². The molecule has 1 rings (SSSR count). The quantitative estimate of drug-likeness (QED) is 0.502. The standard InChI is InChI=1S/C10H14O7/c1-5(11)15-8-4-14-10(17-7(3)13)9(8)16-6(2)12/h8-10H,4H2,1-3H3/t8-,9-,10+/m1/s1. The summed E-state index contributed by atoms with van der Waals surface area (Å²) in [5.41, 5.74) is 0. The zero-order valence-electron chi connectivity index (χ0n) is 9.80. The second-order valence-corrected chi connectivity index (χ2v) is 3.53. The van der Waals surface area contributed by atoms with E-state index in [1.807, 2.05) is 0 Å². The minimum atomic E-state index is -1.04.